The highest BCUT2D eigenvalue weighted by atomic mass is 16.2. The van der Waals surface area contributed by atoms with E-state index >= 15 is 0 Å². The van der Waals surface area contributed by atoms with E-state index in [0.717, 1.165) is 25.9 Å². The molecule has 0 spiro atoms. The van der Waals surface area contributed by atoms with Gasteiger partial charge in [-0.15, -0.1) is 0 Å². The number of anilines is 1. The van der Waals surface area contributed by atoms with Crippen LogP contribution in [-0.2, 0) is 9.59 Å². The van der Waals surface area contributed by atoms with Crippen LogP contribution in [-0.4, -0.2) is 36.7 Å². The van der Waals surface area contributed by atoms with Gasteiger partial charge in [0.25, 0.3) is 5.91 Å². The van der Waals surface area contributed by atoms with Crippen molar-refractivity contribution in [1.29, 1.82) is 0 Å². The average Bonchev–Trinajstić information content (AvgIpc) is 2.57. The van der Waals surface area contributed by atoms with E-state index in [0.29, 0.717) is 18.6 Å². The van der Waals surface area contributed by atoms with Crippen molar-refractivity contribution in [2.75, 3.05) is 18.0 Å². The summed E-state index contributed by atoms with van der Waals surface area (Å²) in [6.07, 6.45) is 2.58. The molecule has 2 N–H and O–H groups in total. The van der Waals surface area contributed by atoms with E-state index < -0.39 is 0 Å². The zero-order chi connectivity index (χ0) is 15.4. The van der Waals surface area contributed by atoms with Gasteiger partial charge in [-0.3, -0.25) is 9.59 Å². The summed E-state index contributed by atoms with van der Waals surface area (Å²) >= 11 is 0. The fraction of sp³-hybridized carbons (Fsp3) is 0.438. The van der Waals surface area contributed by atoms with Gasteiger partial charge in [0.2, 0.25) is 5.91 Å². The number of amides is 2. The summed E-state index contributed by atoms with van der Waals surface area (Å²) in [5.74, 6) is -0.286. The van der Waals surface area contributed by atoms with Gasteiger partial charge < -0.3 is 10.2 Å². The number of para-hydroxylation sites is 1. The van der Waals surface area contributed by atoms with E-state index in [9.17, 15) is 9.59 Å². The third-order valence-electron chi connectivity index (χ3n) is 4.12. The smallest absolute Gasteiger partial charge is 0.267 e. The summed E-state index contributed by atoms with van der Waals surface area (Å²) in [6.45, 7) is 1.86. The predicted molar refractivity (Wildman–Crippen MR) is 84.6 cm³/mol. The minimum Gasteiger partial charge on any atom is -0.371 e. The molecule has 6 heteroatoms. The van der Waals surface area contributed by atoms with Crippen LogP contribution in [0.1, 0.15) is 25.7 Å². The first-order valence-corrected chi connectivity index (χ1v) is 7.68. The third kappa shape index (κ3) is 3.44. The quantitative estimate of drug-likeness (QED) is 0.876. The highest BCUT2D eigenvalue weighted by molar-refractivity contribution is 6.39. The summed E-state index contributed by atoms with van der Waals surface area (Å²) < 4.78 is 0. The Morgan fingerprint density at radius 3 is 2.55 bits per heavy atom. The lowest BCUT2D eigenvalue weighted by atomic mass is 10.0. The molecule has 6 nitrogen and oxygen atoms in total. The van der Waals surface area contributed by atoms with Crippen LogP contribution in [0.5, 0.6) is 0 Å². The van der Waals surface area contributed by atoms with Crippen molar-refractivity contribution in [3.05, 3.63) is 30.3 Å². The number of carbonyl (C=O) groups is 2. The number of carbonyl (C=O) groups excluding carboxylic acids is 2. The molecular formula is C16H20N4O2. The maximum absolute atomic E-state index is 12.1. The Balaban J connectivity index is 1.50. The van der Waals surface area contributed by atoms with Crippen LogP contribution in [0.2, 0.25) is 0 Å². The number of piperidine rings is 1. The molecule has 0 saturated carbocycles. The molecule has 1 aromatic rings. The normalized spacial score (nSPS) is 19.4. The van der Waals surface area contributed by atoms with Crippen molar-refractivity contribution in [3.8, 4) is 0 Å². The molecule has 1 fully saturated rings. The van der Waals surface area contributed by atoms with Crippen LogP contribution < -0.4 is 15.6 Å². The molecule has 0 aliphatic carbocycles. The van der Waals surface area contributed by atoms with Crippen LogP contribution in [0.4, 0.5) is 5.69 Å². The molecule has 0 aromatic heterocycles. The van der Waals surface area contributed by atoms with Crippen molar-refractivity contribution in [1.82, 2.24) is 10.7 Å². The number of benzene rings is 1. The zero-order valence-corrected chi connectivity index (χ0v) is 12.4. The summed E-state index contributed by atoms with van der Waals surface area (Å²) in [4.78, 5) is 25.5. The molecule has 0 radical (unpaired) electrons. The average molecular weight is 300 g/mol. The van der Waals surface area contributed by atoms with Crippen LogP contribution in [0, 0.1) is 0 Å². The van der Waals surface area contributed by atoms with Gasteiger partial charge in [-0.2, -0.15) is 5.10 Å². The second-order valence-electron chi connectivity index (χ2n) is 5.66. The molecule has 1 saturated heterocycles. The van der Waals surface area contributed by atoms with Gasteiger partial charge in [-0.25, -0.2) is 5.43 Å². The minimum atomic E-state index is -0.154. The van der Waals surface area contributed by atoms with Gasteiger partial charge in [0.1, 0.15) is 5.71 Å². The molecule has 0 unspecified atom stereocenters. The van der Waals surface area contributed by atoms with Gasteiger partial charge >= 0.3 is 0 Å². The van der Waals surface area contributed by atoms with Gasteiger partial charge in [0, 0.05) is 37.7 Å². The van der Waals surface area contributed by atoms with Crippen LogP contribution in [0.25, 0.3) is 0 Å². The minimum absolute atomic E-state index is 0.132. The van der Waals surface area contributed by atoms with E-state index in [1.54, 1.807) is 0 Å². The van der Waals surface area contributed by atoms with Crippen molar-refractivity contribution in [2.45, 2.75) is 31.7 Å². The molecule has 1 aromatic carbocycles. The van der Waals surface area contributed by atoms with Crippen molar-refractivity contribution in [3.63, 3.8) is 0 Å². The first kappa shape index (κ1) is 14.6. The van der Waals surface area contributed by atoms with Crippen molar-refractivity contribution >= 4 is 23.2 Å². The molecule has 2 amide bonds. The molecule has 2 aliphatic heterocycles. The highest BCUT2D eigenvalue weighted by Gasteiger charge is 2.24. The lowest BCUT2D eigenvalue weighted by Crippen LogP contribution is -2.47. The predicted octanol–water partition coefficient (Wildman–Crippen LogP) is 1.04. The fourth-order valence-electron chi connectivity index (χ4n) is 2.83. The second-order valence-corrected chi connectivity index (χ2v) is 5.66. The van der Waals surface area contributed by atoms with Gasteiger partial charge in [-0.1, -0.05) is 18.2 Å². The van der Waals surface area contributed by atoms with Crippen molar-refractivity contribution < 1.29 is 9.59 Å². The van der Waals surface area contributed by atoms with E-state index in [1.807, 2.05) is 18.2 Å². The van der Waals surface area contributed by atoms with Gasteiger partial charge in [0.15, 0.2) is 0 Å². The Bertz CT molecular complexity index is 577. The molecule has 2 heterocycles. The Morgan fingerprint density at radius 2 is 1.91 bits per heavy atom. The number of rotatable bonds is 3. The monoisotopic (exact) mass is 300 g/mol. The number of nitrogens with one attached hydrogen (secondary N) is 2. The largest absolute Gasteiger partial charge is 0.371 e. The maximum atomic E-state index is 12.1. The number of hydrogen-bond donors (Lipinski definition) is 2. The number of nitrogens with zero attached hydrogens (tertiary/aromatic N) is 2. The van der Waals surface area contributed by atoms with Crippen LogP contribution >= 0.6 is 0 Å². The molecule has 2 aliphatic rings. The summed E-state index contributed by atoms with van der Waals surface area (Å²) in [5.41, 5.74) is 4.01. The Hall–Kier alpha value is -2.37. The summed E-state index contributed by atoms with van der Waals surface area (Å²) in [7, 11) is 0. The van der Waals surface area contributed by atoms with Gasteiger partial charge in [-0.05, 0) is 25.0 Å². The standard InChI is InChI=1S/C16H20N4O2/c21-15-7-6-14(18-19-15)16(22)17-12-8-10-20(11-9-12)13-4-2-1-3-5-13/h1-5,12H,6-11H2,(H,17,22)(H,19,21). The zero-order valence-electron chi connectivity index (χ0n) is 12.4. The SMILES string of the molecule is O=C1CCC(C(=O)NC2CCN(c3ccccc3)CC2)=NN1. The fourth-order valence-corrected chi connectivity index (χ4v) is 2.83. The van der Waals surface area contributed by atoms with E-state index in [-0.39, 0.29) is 17.9 Å². The maximum Gasteiger partial charge on any atom is 0.267 e. The molecular weight excluding hydrogens is 280 g/mol. The Morgan fingerprint density at radius 1 is 1.18 bits per heavy atom. The second kappa shape index (κ2) is 6.60. The molecule has 0 atom stereocenters. The van der Waals surface area contributed by atoms with Crippen molar-refractivity contribution in [2.24, 2.45) is 5.10 Å². The molecule has 0 bridgehead atoms. The number of hydrazone groups is 1. The highest BCUT2D eigenvalue weighted by Crippen LogP contribution is 2.19. The summed E-state index contributed by atoms with van der Waals surface area (Å²) in [5, 5.41) is 6.86. The molecule has 3 rings (SSSR count). The molecule has 116 valence electrons. The Kier molecular flexibility index (Phi) is 4.37. The van der Waals surface area contributed by atoms with Crippen LogP contribution in [0.15, 0.2) is 35.4 Å². The Labute approximate surface area is 129 Å². The third-order valence-corrected chi connectivity index (χ3v) is 4.12. The van der Waals surface area contributed by atoms with E-state index in [1.165, 1.54) is 5.69 Å². The summed E-state index contributed by atoms with van der Waals surface area (Å²) in [6, 6.07) is 10.5. The van der Waals surface area contributed by atoms with Gasteiger partial charge in [0.05, 0.1) is 0 Å². The lowest BCUT2D eigenvalue weighted by molar-refractivity contribution is -0.121. The topological polar surface area (TPSA) is 73.8 Å². The first-order valence-electron chi connectivity index (χ1n) is 7.68. The lowest BCUT2D eigenvalue weighted by Gasteiger charge is -2.34. The first-order chi connectivity index (χ1) is 10.7. The van der Waals surface area contributed by atoms with E-state index in [4.69, 9.17) is 0 Å². The number of hydrogen-bond acceptors (Lipinski definition) is 4. The molecule has 22 heavy (non-hydrogen) atoms. The van der Waals surface area contributed by atoms with E-state index in [2.05, 4.69) is 32.9 Å². The van der Waals surface area contributed by atoms with Crippen LogP contribution in [0.3, 0.4) is 0 Å².